The van der Waals surface area contributed by atoms with Crippen molar-refractivity contribution < 1.29 is 4.42 Å². The molecule has 1 fully saturated rings. The maximum absolute atomic E-state index is 6.15. The number of aromatic nitrogens is 3. The van der Waals surface area contributed by atoms with Crippen molar-refractivity contribution in [2.24, 2.45) is 0 Å². The van der Waals surface area contributed by atoms with Crippen LogP contribution in [0.3, 0.4) is 0 Å². The van der Waals surface area contributed by atoms with Gasteiger partial charge in [0.05, 0.1) is 0 Å². The zero-order valence-corrected chi connectivity index (χ0v) is 33.7. The van der Waals surface area contributed by atoms with Crippen LogP contribution in [0, 0.1) is 0 Å². The smallest absolute Gasteiger partial charge is 0.164 e. The summed E-state index contributed by atoms with van der Waals surface area (Å²) in [6.45, 7) is 0. The lowest BCUT2D eigenvalue weighted by Crippen LogP contribution is -2.28. The second-order valence-electron chi connectivity index (χ2n) is 16.6. The fourth-order valence-electron chi connectivity index (χ4n) is 10.2. The van der Waals surface area contributed by atoms with Gasteiger partial charge in [-0.3, -0.25) is 0 Å². The number of benzene rings is 8. The van der Waals surface area contributed by atoms with Crippen molar-refractivity contribution in [2.75, 3.05) is 0 Å². The van der Waals surface area contributed by atoms with Crippen LogP contribution in [0.4, 0.5) is 0 Å². The lowest BCUT2D eigenvalue weighted by Gasteiger charge is -2.37. The number of hydrogen-bond acceptors (Lipinski definition) is 4. The fraction of sp³-hybridized carbons (Fsp3) is 0.105. The molecule has 0 amide bonds. The van der Waals surface area contributed by atoms with Crippen molar-refractivity contribution in [3.05, 3.63) is 199 Å². The van der Waals surface area contributed by atoms with E-state index in [4.69, 9.17) is 19.4 Å². The van der Waals surface area contributed by atoms with E-state index in [0.29, 0.717) is 17.5 Å². The van der Waals surface area contributed by atoms with Crippen molar-refractivity contribution in [2.45, 2.75) is 37.5 Å². The monoisotopic (exact) mass is 783 g/mol. The maximum atomic E-state index is 6.15. The van der Waals surface area contributed by atoms with Gasteiger partial charge in [0.2, 0.25) is 0 Å². The van der Waals surface area contributed by atoms with Crippen LogP contribution in [0.5, 0.6) is 0 Å². The standard InChI is InChI=1S/C57H41N3O/c1-3-12-37(13-4-1)38-22-28-42(29-23-38)54-58-55(60-56(59-54)44-32-33-52-49(36-44)47-15-6-8-19-51(47)61-52)43-30-24-40(25-31-43)39-20-26-41(27-21-39)45-16-11-17-48-46-14-5-7-18-50(46)57(53(45)48)34-9-2-10-35-57/h1,3-8,11-33,36H,2,9-10,34-35H2. The third-order valence-corrected chi connectivity index (χ3v) is 13.2. The molecule has 1 saturated carbocycles. The van der Waals surface area contributed by atoms with Crippen LogP contribution < -0.4 is 0 Å². The van der Waals surface area contributed by atoms with Gasteiger partial charge in [-0.1, -0.05) is 183 Å². The van der Waals surface area contributed by atoms with E-state index in [1.54, 1.807) is 0 Å². The van der Waals surface area contributed by atoms with Gasteiger partial charge in [0.15, 0.2) is 17.5 Å². The highest BCUT2D eigenvalue weighted by Crippen LogP contribution is 2.58. The molecule has 2 heterocycles. The molecule has 10 aromatic rings. The fourth-order valence-corrected chi connectivity index (χ4v) is 10.2. The second kappa shape index (κ2) is 14.4. The first-order valence-electron chi connectivity index (χ1n) is 21.5. The Hall–Kier alpha value is -7.43. The zero-order valence-electron chi connectivity index (χ0n) is 33.7. The molecule has 0 saturated heterocycles. The van der Waals surface area contributed by atoms with Crippen LogP contribution in [-0.4, -0.2) is 15.0 Å². The molecule has 0 unspecified atom stereocenters. The van der Waals surface area contributed by atoms with Crippen LogP contribution in [0.15, 0.2) is 192 Å². The first kappa shape index (κ1) is 35.5. The van der Waals surface area contributed by atoms with Gasteiger partial charge in [-0.15, -0.1) is 0 Å². The van der Waals surface area contributed by atoms with Gasteiger partial charge in [0.25, 0.3) is 0 Å². The number of nitrogens with zero attached hydrogens (tertiary/aromatic N) is 3. The Kier molecular flexibility index (Phi) is 8.38. The predicted octanol–water partition coefficient (Wildman–Crippen LogP) is 15.0. The second-order valence-corrected chi connectivity index (χ2v) is 16.6. The van der Waals surface area contributed by atoms with Crippen LogP contribution in [0.25, 0.3) is 101 Å². The molecule has 4 nitrogen and oxygen atoms in total. The highest BCUT2D eigenvalue weighted by atomic mass is 16.3. The molecule has 8 aromatic carbocycles. The lowest BCUT2D eigenvalue weighted by molar-refractivity contribution is 0.353. The van der Waals surface area contributed by atoms with Crippen molar-refractivity contribution in [3.63, 3.8) is 0 Å². The van der Waals surface area contributed by atoms with Gasteiger partial charge in [-0.2, -0.15) is 0 Å². The SMILES string of the molecule is c1ccc(-c2ccc(-c3nc(-c4ccc(-c5ccc(-c6cccc7c6C6(CCCCC6)c6ccccc6-7)cc5)cc4)nc(-c4ccc5oc6ccccc6c5c4)n3)cc2)cc1. The Morgan fingerprint density at radius 1 is 0.344 bits per heavy atom. The van der Waals surface area contributed by atoms with E-state index >= 15 is 0 Å². The van der Waals surface area contributed by atoms with Crippen LogP contribution in [-0.2, 0) is 5.41 Å². The van der Waals surface area contributed by atoms with Crippen molar-refractivity contribution in [1.82, 2.24) is 15.0 Å². The van der Waals surface area contributed by atoms with Gasteiger partial charge in [0.1, 0.15) is 11.2 Å². The summed E-state index contributed by atoms with van der Waals surface area (Å²) in [6.07, 6.45) is 6.34. The number of furan rings is 1. The van der Waals surface area contributed by atoms with Crippen molar-refractivity contribution in [1.29, 1.82) is 0 Å². The van der Waals surface area contributed by atoms with E-state index in [-0.39, 0.29) is 5.41 Å². The van der Waals surface area contributed by atoms with Gasteiger partial charge >= 0.3 is 0 Å². The molecule has 290 valence electrons. The molecule has 2 aliphatic carbocycles. The summed E-state index contributed by atoms with van der Waals surface area (Å²) in [5.41, 5.74) is 17.8. The average molecular weight is 784 g/mol. The van der Waals surface area contributed by atoms with E-state index in [1.807, 2.05) is 36.4 Å². The Morgan fingerprint density at radius 2 is 0.836 bits per heavy atom. The first-order valence-corrected chi connectivity index (χ1v) is 21.5. The highest BCUT2D eigenvalue weighted by molar-refractivity contribution is 6.06. The van der Waals surface area contributed by atoms with E-state index in [2.05, 4.69) is 152 Å². The number of fused-ring (bicyclic) bond motifs is 8. The zero-order chi connectivity index (χ0) is 40.3. The topological polar surface area (TPSA) is 51.8 Å². The summed E-state index contributed by atoms with van der Waals surface area (Å²) in [4.78, 5) is 15.3. The Bertz CT molecular complexity index is 3250. The predicted molar refractivity (Wildman–Crippen MR) is 249 cm³/mol. The molecule has 2 aromatic heterocycles. The molecule has 0 radical (unpaired) electrons. The molecule has 61 heavy (non-hydrogen) atoms. The number of hydrogen-bond donors (Lipinski definition) is 0. The Labute approximate surface area is 355 Å². The van der Waals surface area contributed by atoms with Crippen LogP contribution in [0.1, 0.15) is 43.2 Å². The molecular formula is C57H41N3O. The molecule has 0 bridgehead atoms. The van der Waals surface area contributed by atoms with Gasteiger partial charge < -0.3 is 4.42 Å². The molecule has 12 rings (SSSR count). The molecule has 0 atom stereocenters. The Morgan fingerprint density at radius 3 is 1.52 bits per heavy atom. The van der Waals surface area contributed by atoms with E-state index in [0.717, 1.165) is 49.8 Å². The Balaban J connectivity index is 0.896. The minimum Gasteiger partial charge on any atom is -0.456 e. The van der Waals surface area contributed by atoms with Crippen LogP contribution in [0.2, 0.25) is 0 Å². The number of para-hydroxylation sites is 1. The largest absolute Gasteiger partial charge is 0.456 e. The minimum absolute atomic E-state index is 0.107. The summed E-state index contributed by atoms with van der Waals surface area (Å²) >= 11 is 0. The third kappa shape index (κ3) is 6.01. The molecule has 1 spiro atoms. The summed E-state index contributed by atoms with van der Waals surface area (Å²) in [5.74, 6) is 1.87. The van der Waals surface area contributed by atoms with E-state index in [9.17, 15) is 0 Å². The molecule has 2 aliphatic rings. The maximum Gasteiger partial charge on any atom is 0.164 e. The van der Waals surface area contributed by atoms with Crippen molar-refractivity contribution >= 4 is 21.9 Å². The number of rotatable bonds is 6. The van der Waals surface area contributed by atoms with E-state index in [1.165, 1.54) is 76.6 Å². The molecule has 0 N–H and O–H groups in total. The molecule has 0 aliphatic heterocycles. The molecule has 4 heteroatoms. The van der Waals surface area contributed by atoms with E-state index < -0.39 is 0 Å². The molecular weight excluding hydrogens is 743 g/mol. The lowest BCUT2D eigenvalue weighted by atomic mass is 9.66. The third-order valence-electron chi connectivity index (χ3n) is 13.2. The van der Waals surface area contributed by atoms with Gasteiger partial charge in [-0.05, 0) is 92.7 Å². The summed E-state index contributed by atoms with van der Waals surface area (Å²) in [6, 6.07) is 67.1. The normalized spacial score (nSPS) is 14.0. The summed E-state index contributed by atoms with van der Waals surface area (Å²) in [7, 11) is 0. The quantitative estimate of drug-likeness (QED) is 0.169. The first-order chi connectivity index (χ1) is 30.2. The highest BCUT2D eigenvalue weighted by Gasteiger charge is 2.45. The van der Waals surface area contributed by atoms with Crippen molar-refractivity contribution in [3.8, 4) is 78.7 Å². The average Bonchev–Trinajstić information content (AvgIpc) is 3.85. The summed E-state index contributed by atoms with van der Waals surface area (Å²) in [5, 5.41) is 2.11. The minimum atomic E-state index is 0.107. The van der Waals surface area contributed by atoms with Gasteiger partial charge in [0, 0.05) is 32.9 Å². The van der Waals surface area contributed by atoms with Gasteiger partial charge in [-0.25, -0.2) is 15.0 Å². The van der Waals surface area contributed by atoms with Crippen LogP contribution >= 0.6 is 0 Å². The summed E-state index contributed by atoms with van der Waals surface area (Å²) < 4.78 is 6.15.